The first-order chi connectivity index (χ1) is 9.25. The van der Waals surface area contributed by atoms with Crippen LogP contribution in [-0.4, -0.2) is 29.4 Å². The fourth-order valence-electron chi connectivity index (χ4n) is 2.06. The summed E-state index contributed by atoms with van der Waals surface area (Å²) >= 11 is 0. The number of benzene rings is 1. The molecule has 0 aliphatic heterocycles. The van der Waals surface area contributed by atoms with Crippen molar-refractivity contribution < 1.29 is 19.0 Å². The van der Waals surface area contributed by atoms with Crippen LogP contribution in [0.2, 0.25) is 0 Å². The lowest BCUT2D eigenvalue weighted by Crippen LogP contribution is -2.42. The molecule has 0 amide bonds. The molecule has 0 aliphatic rings. The summed E-state index contributed by atoms with van der Waals surface area (Å²) in [5, 5.41) is 22.2. The molecule has 5 heteroatoms. The van der Waals surface area contributed by atoms with E-state index >= 15 is 0 Å². The molecule has 0 spiro atoms. The van der Waals surface area contributed by atoms with Crippen molar-refractivity contribution in [2.24, 2.45) is 5.41 Å². The Morgan fingerprint density at radius 2 is 1.85 bits per heavy atom. The third-order valence-corrected chi connectivity index (χ3v) is 3.35. The van der Waals surface area contributed by atoms with E-state index in [-0.39, 0.29) is 24.6 Å². The predicted octanol–water partition coefficient (Wildman–Crippen LogP) is 2.38. The highest BCUT2D eigenvalue weighted by molar-refractivity contribution is 5.20. The first-order valence-electron chi connectivity index (χ1n) is 6.73. The molecule has 1 rings (SSSR count). The monoisotopic (exact) mass is 287 g/mol. The van der Waals surface area contributed by atoms with Gasteiger partial charge in [-0.25, -0.2) is 8.78 Å². The Kier molecular flexibility index (Phi) is 6.05. The minimum Gasteiger partial charge on any atom is -0.396 e. The van der Waals surface area contributed by atoms with Crippen LogP contribution < -0.4 is 5.32 Å². The van der Waals surface area contributed by atoms with Crippen molar-refractivity contribution in [3.63, 3.8) is 0 Å². The number of rotatable bonds is 6. The summed E-state index contributed by atoms with van der Waals surface area (Å²) in [6.07, 6.45) is -0.359. The number of aliphatic hydroxyl groups excluding tert-OH is 2. The first kappa shape index (κ1) is 17.0. The van der Waals surface area contributed by atoms with Crippen LogP contribution >= 0.6 is 0 Å². The molecule has 0 aromatic heterocycles. The maximum Gasteiger partial charge on any atom is 0.159 e. The Morgan fingerprint density at radius 3 is 2.35 bits per heavy atom. The Morgan fingerprint density at radius 1 is 1.20 bits per heavy atom. The molecule has 3 nitrogen and oxygen atoms in total. The van der Waals surface area contributed by atoms with Crippen LogP contribution in [0.5, 0.6) is 0 Å². The summed E-state index contributed by atoms with van der Waals surface area (Å²) in [6, 6.07) is 3.39. The average molecular weight is 287 g/mol. The van der Waals surface area contributed by atoms with Gasteiger partial charge in [-0.1, -0.05) is 26.8 Å². The van der Waals surface area contributed by atoms with Gasteiger partial charge in [0.2, 0.25) is 0 Å². The summed E-state index contributed by atoms with van der Waals surface area (Å²) in [5.41, 5.74) is 0.254. The zero-order valence-electron chi connectivity index (χ0n) is 12.2. The van der Waals surface area contributed by atoms with Crippen molar-refractivity contribution in [1.29, 1.82) is 0 Å². The molecule has 2 atom stereocenters. The van der Waals surface area contributed by atoms with Crippen LogP contribution in [0.25, 0.3) is 0 Å². The van der Waals surface area contributed by atoms with E-state index in [1.807, 2.05) is 20.8 Å². The van der Waals surface area contributed by atoms with E-state index in [1.165, 1.54) is 6.07 Å². The Bertz CT molecular complexity index is 432. The van der Waals surface area contributed by atoms with Gasteiger partial charge in [0.05, 0.1) is 6.10 Å². The van der Waals surface area contributed by atoms with Crippen molar-refractivity contribution in [1.82, 2.24) is 5.32 Å². The number of hydrogen-bond donors (Lipinski definition) is 3. The van der Waals surface area contributed by atoms with Crippen LogP contribution in [0.1, 0.15) is 38.9 Å². The summed E-state index contributed by atoms with van der Waals surface area (Å²) in [6.45, 7) is 6.36. The van der Waals surface area contributed by atoms with E-state index in [4.69, 9.17) is 5.11 Å². The second-order valence-electron chi connectivity index (χ2n) is 6.03. The summed E-state index contributed by atoms with van der Waals surface area (Å²) in [7, 11) is 0. The molecule has 1 aromatic carbocycles. The molecule has 2 unspecified atom stereocenters. The first-order valence-corrected chi connectivity index (χ1v) is 6.73. The minimum absolute atomic E-state index is 0.0208. The van der Waals surface area contributed by atoms with Crippen molar-refractivity contribution in [3.05, 3.63) is 35.4 Å². The largest absolute Gasteiger partial charge is 0.396 e. The fourth-order valence-corrected chi connectivity index (χ4v) is 2.06. The van der Waals surface area contributed by atoms with Gasteiger partial charge in [-0.3, -0.25) is 0 Å². The third kappa shape index (κ3) is 4.81. The molecule has 1 aromatic rings. The van der Waals surface area contributed by atoms with Crippen LogP contribution in [0.4, 0.5) is 8.78 Å². The standard InChI is InChI=1S/C15H23F2NO2/c1-15(2,3)14(6-7-19)18-9-13(20)10-4-5-11(16)12(17)8-10/h4-5,8,13-14,18-20H,6-7,9H2,1-3H3. The summed E-state index contributed by atoms with van der Waals surface area (Å²) < 4.78 is 25.9. The highest BCUT2D eigenvalue weighted by Crippen LogP contribution is 2.23. The lowest BCUT2D eigenvalue weighted by molar-refractivity contribution is 0.142. The molecule has 0 saturated carbocycles. The van der Waals surface area contributed by atoms with E-state index in [0.717, 1.165) is 12.1 Å². The van der Waals surface area contributed by atoms with Gasteiger partial charge < -0.3 is 15.5 Å². The summed E-state index contributed by atoms with van der Waals surface area (Å²) in [5.74, 6) is -1.90. The van der Waals surface area contributed by atoms with Crippen LogP contribution in [-0.2, 0) is 0 Å². The Hall–Kier alpha value is -1.04. The van der Waals surface area contributed by atoms with Crippen molar-refractivity contribution in [2.45, 2.75) is 39.3 Å². The highest BCUT2D eigenvalue weighted by atomic mass is 19.2. The molecule has 114 valence electrons. The van der Waals surface area contributed by atoms with E-state index in [1.54, 1.807) is 0 Å². The van der Waals surface area contributed by atoms with E-state index < -0.39 is 17.7 Å². The molecular weight excluding hydrogens is 264 g/mol. The quantitative estimate of drug-likeness (QED) is 0.753. The van der Waals surface area contributed by atoms with Crippen molar-refractivity contribution in [3.8, 4) is 0 Å². The lowest BCUT2D eigenvalue weighted by Gasteiger charge is -2.32. The third-order valence-electron chi connectivity index (χ3n) is 3.35. The average Bonchev–Trinajstić information content (AvgIpc) is 2.36. The topological polar surface area (TPSA) is 52.5 Å². The van der Waals surface area contributed by atoms with Gasteiger partial charge >= 0.3 is 0 Å². The lowest BCUT2D eigenvalue weighted by atomic mass is 9.85. The maximum atomic E-state index is 13.1. The van der Waals surface area contributed by atoms with E-state index in [0.29, 0.717) is 12.0 Å². The second kappa shape index (κ2) is 7.11. The molecule has 20 heavy (non-hydrogen) atoms. The van der Waals surface area contributed by atoms with Gasteiger partial charge in [-0.15, -0.1) is 0 Å². The zero-order valence-corrected chi connectivity index (χ0v) is 12.2. The van der Waals surface area contributed by atoms with Gasteiger partial charge in [-0.05, 0) is 29.5 Å². The van der Waals surface area contributed by atoms with Gasteiger partial charge in [0.15, 0.2) is 11.6 Å². The van der Waals surface area contributed by atoms with Gasteiger partial charge in [0, 0.05) is 19.2 Å². The summed E-state index contributed by atoms with van der Waals surface area (Å²) in [4.78, 5) is 0. The highest BCUT2D eigenvalue weighted by Gasteiger charge is 2.24. The fraction of sp³-hybridized carbons (Fsp3) is 0.600. The van der Waals surface area contributed by atoms with E-state index in [9.17, 15) is 13.9 Å². The molecule has 0 radical (unpaired) electrons. The van der Waals surface area contributed by atoms with E-state index in [2.05, 4.69) is 5.32 Å². The molecular formula is C15H23F2NO2. The van der Waals surface area contributed by atoms with Crippen LogP contribution in [0.3, 0.4) is 0 Å². The molecule has 0 fully saturated rings. The normalized spacial score (nSPS) is 15.2. The van der Waals surface area contributed by atoms with Crippen LogP contribution in [0, 0.1) is 17.0 Å². The molecule has 0 bridgehead atoms. The minimum atomic E-state index is -0.968. The van der Waals surface area contributed by atoms with Gasteiger partial charge in [-0.2, -0.15) is 0 Å². The number of aliphatic hydroxyl groups is 2. The number of hydrogen-bond acceptors (Lipinski definition) is 3. The Labute approximate surface area is 118 Å². The van der Waals surface area contributed by atoms with Crippen LogP contribution in [0.15, 0.2) is 18.2 Å². The zero-order chi connectivity index (χ0) is 15.3. The predicted molar refractivity (Wildman–Crippen MR) is 74.3 cm³/mol. The van der Waals surface area contributed by atoms with Crippen molar-refractivity contribution >= 4 is 0 Å². The maximum absolute atomic E-state index is 13.1. The van der Waals surface area contributed by atoms with Crippen molar-refractivity contribution in [2.75, 3.05) is 13.2 Å². The molecule has 0 saturated heterocycles. The number of halogens is 2. The SMILES string of the molecule is CC(C)(C)C(CCO)NCC(O)c1ccc(F)c(F)c1. The Balaban J connectivity index is 2.65. The smallest absolute Gasteiger partial charge is 0.159 e. The second-order valence-corrected chi connectivity index (χ2v) is 6.03. The van der Waals surface area contributed by atoms with Gasteiger partial charge in [0.1, 0.15) is 0 Å². The molecule has 0 aliphatic carbocycles. The van der Waals surface area contributed by atoms with Gasteiger partial charge in [0.25, 0.3) is 0 Å². The molecule has 3 N–H and O–H groups in total. The number of nitrogens with one attached hydrogen (secondary N) is 1. The molecule has 0 heterocycles.